The number of rotatable bonds is 6. The minimum Gasteiger partial charge on any atom is -0.456 e. The molecule has 9 aromatic carbocycles. The molecule has 2 aromatic heterocycles. The van der Waals surface area contributed by atoms with Crippen LogP contribution in [-0.4, -0.2) is 4.57 Å². The normalized spacial score (nSPS) is 11.6. The number of hydrogen-bond acceptors (Lipinski definition) is 2. The number of aromatic nitrogens is 1. The van der Waals surface area contributed by atoms with E-state index < -0.39 is 0 Å². The average molecular weight is 703 g/mol. The molecule has 0 saturated heterocycles. The summed E-state index contributed by atoms with van der Waals surface area (Å²) in [5.74, 6) is 0. The van der Waals surface area contributed by atoms with E-state index in [-0.39, 0.29) is 0 Å². The van der Waals surface area contributed by atoms with Crippen molar-refractivity contribution in [2.24, 2.45) is 0 Å². The number of benzene rings is 9. The van der Waals surface area contributed by atoms with Crippen molar-refractivity contribution in [3.8, 4) is 27.9 Å². The molecule has 0 fully saturated rings. The molecule has 3 nitrogen and oxygen atoms in total. The summed E-state index contributed by atoms with van der Waals surface area (Å²) in [6, 6.07) is 74.0. The summed E-state index contributed by atoms with van der Waals surface area (Å²) in [7, 11) is 0. The van der Waals surface area contributed by atoms with E-state index >= 15 is 0 Å². The molecule has 0 radical (unpaired) electrons. The van der Waals surface area contributed by atoms with Gasteiger partial charge >= 0.3 is 0 Å². The van der Waals surface area contributed by atoms with Crippen LogP contribution < -0.4 is 4.90 Å². The van der Waals surface area contributed by atoms with Crippen LogP contribution >= 0.6 is 0 Å². The summed E-state index contributed by atoms with van der Waals surface area (Å²) in [5.41, 5.74) is 13.1. The molecule has 258 valence electrons. The summed E-state index contributed by atoms with van der Waals surface area (Å²) in [6.45, 7) is 0. The predicted molar refractivity (Wildman–Crippen MR) is 231 cm³/mol. The Morgan fingerprint density at radius 2 is 0.927 bits per heavy atom. The molecule has 3 heteroatoms. The SMILES string of the molecule is c1ccc(-c2ccc(N(c3cccc(-c4c(-n5c6ccccc6c6ccccc65)ccc5ccccc45)c3)c3ccc4c(c3)oc3ccccc34)cc2)cc1. The largest absolute Gasteiger partial charge is 0.456 e. The molecule has 0 saturated carbocycles. The van der Waals surface area contributed by atoms with Gasteiger partial charge in [0.1, 0.15) is 11.2 Å². The van der Waals surface area contributed by atoms with Crippen LogP contribution in [0.25, 0.3) is 82.5 Å². The highest BCUT2D eigenvalue weighted by Gasteiger charge is 2.20. The first kappa shape index (κ1) is 31.2. The van der Waals surface area contributed by atoms with Gasteiger partial charge in [0.05, 0.1) is 16.7 Å². The molecule has 11 aromatic rings. The third-order valence-electron chi connectivity index (χ3n) is 11.0. The van der Waals surface area contributed by atoms with Gasteiger partial charge in [-0.3, -0.25) is 0 Å². The Morgan fingerprint density at radius 1 is 0.345 bits per heavy atom. The van der Waals surface area contributed by atoms with E-state index in [0.29, 0.717) is 0 Å². The molecular weight excluding hydrogens is 669 g/mol. The summed E-state index contributed by atoms with van der Waals surface area (Å²) >= 11 is 0. The highest BCUT2D eigenvalue weighted by molar-refractivity contribution is 6.11. The Bertz CT molecular complexity index is 3150. The van der Waals surface area contributed by atoms with Gasteiger partial charge in [0, 0.05) is 50.2 Å². The summed E-state index contributed by atoms with van der Waals surface area (Å²) in [4.78, 5) is 2.34. The third kappa shape index (κ3) is 5.13. The number of fused-ring (bicyclic) bond motifs is 7. The predicted octanol–water partition coefficient (Wildman–Crippen LogP) is 14.6. The van der Waals surface area contributed by atoms with Gasteiger partial charge in [0.25, 0.3) is 0 Å². The minimum absolute atomic E-state index is 0.864. The lowest BCUT2D eigenvalue weighted by atomic mass is 9.95. The van der Waals surface area contributed by atoms with Crippen LogP contribution in [0.15, 0.2) is 211 Å². The first-order valence-electron chi connectivity index (χ1n) is 18.8. The summed E-state index contributed by atoms with van der Waals surface area (Å²) in [5, 5.41) is 7.14. The highest BCUT2D eigenvalue weighted by Crippen LogP contribution is 2.44. The molecule has 0 unspecified atom stereocenters. The molecule has 55 heavy (non-hydrogen) atoms. The lowest BCUT2D eigenvalue weighted by Gasteiger charge is -2.26. The third-order valence-corrected chi connectivity index (χ3v) is 11.0. The van der Waals surface area contributed by atoms with Crippen molar-refractivity contribution in [1.82, 2.24) is 4.57 Å². The Hall–Kier alpha value is -7.36. The topological polar surface area (TPSA) is 21.3 Å². The molecule has 11 rings (SSSR count). The molecule has 0 spiro atoms. The van der Waals surface area contributed by atoms with Gasteiger partial charge in [-0.05, 0) is 88.1 Å². The van der Waals surface area contributed by atoms with E-state index in [1.54, 1.807) is 0 Å². The fourth-order valence-corrected chi connectivity index (χ4v) is 8.47. The van der Waals surface area contributed by atoms with Gasteiger partial charge in [0.15, 0.2) is 0 Å². The van der Waals surface area contributed by atoms with Crippen LogP contribution in [0.2, 0.25) is 0 Å². The molecule has 0 N–H and O–H groups in total. The standard InChI is InChI=1S/C52H34N2O/c1-2-13-35(14-3-1)36-25-28-39(29-26-36)53(41-30-31-46-45-21-8-11-24-50(45)55-51(46)34-41)40-17-12-16-38(33-40)52-42-18-5-4-15-37(42)27-32-49(52)54-47-22-9-6-19-43(47)44-20-7-10-23-48(44)54/h1-34H. The van der Waals surface area contributed by atoms with Crippen LogP contribution in [0.4, 0.5) is 17.1 Å². The van der Waals surface area contributed by atoms with Crippen LogP contribution in [0, 0.1) is 0 Å². The van der Waals surface area contributed by atoms with E-state index in [4.69, 9.17) is 4.42 Å². The van der Waals surface area contributed by atoms with Crippen LogP contribution in [0.1, 0.15) is 0 Å². The Kier molecular flexibility index (Phi) is 7.17. The van der Waals surface area contributed by atoms with Gasteiger partial charge < -0.3 is 13.9 Å². The second-order valence-electron chi connectivity index (χ2n) is 14.1. The number of furan rings is 1. The molecule has 0 aliphatic heterocycles. The lowest BCUT2D eigenvalue weighted by molar-refractivity contribution is 0.669. The zero-order valence-electron chi connectivity index (χ0n) is 29.9. The Labute approximate surface area is 318 Å². The second kappa shape index (κ2) is 12.6. The van der Waals surface area contributed by atoms with Gasteiger partial charge in [-0.1, -0.05) is 140 Å². The van der Waals surface area contributed by atoms with Crippen LogP contribution in [0.5, 0.6) is 0 Å². The maximum absolute atomic E-state index is 6.43. The first-order valence-corrected chi connectivity index (χ1v) is 18.8. The van der Waals surface area contributed by atoms with Gasteiger partial charge in [-0.25, -0.2) is 0 Å². The fourth-order valence-electron chi connectivity index (χ4n) is 8.47. The maximum atomic E-state index is 6.43. The van der Waals surface area contributed by atoms with Crippen molar-refractivity contribution >= 4 is 71.6 Å². The van der Waals surface area contributed by atoms with Gasteiger partial charge in [-0.2, -0.15) is 0 Å². The number of anilines is 3. The van der Waals surface area contributed by atoms with Crippen molar-refractivity contribution < 1.29 is 4.42 Å². The monoisotopic (exact) mass is 702 g/mol. The Balaban J connectivity index is 1.14. The van der Waals surface area contributed by atoms with Gasteiger partial charge in [-0.15, -0.1) is 0 Å². The zero-order chi connectivity index (χ0) is 36.3. The van der Waals surface area contributed by atoms with Crippen molar-refractivity contribution in [2.45, 2.75) is 0 Å². The van der Waals surface area contributed by atoms with Crippen molar-refractivity contribution in [3.63, 3.8) is 0 Å². The molecule has 0 bridgehead atoms. The average Bonchev–Trinajstić information content (AvgIpc) is 3.79. The minimum atomic E-state index is 0.864. The zero-order valence-corrected chi connectivity index (χ0v) is 29.9. The molecular formula is C52H34N2O. The summed E-state index contributed by atoms with van der Waals surface area (Å²) in [6.07, 6.45) is 0. The van der Waals surface area contributed by atoms with Crippen molar-refractivity contribution in [2.75, 3.05) is 4.90 Å². The second-order valence-corrected chi connectivity index (χ2v) is 14.1. The van der Waals surface area contributed by atoms with E-state index in [0.717, 1.165) is 50.3 Å². The molecule has 0 aliphatic carbocycles. The highest BCUT2D eigenvalue weighted by atomic mass is 16.3. The van der Waals surface area contributed by atoms with E-state index in [9.17, 15) is 0 Å². The summed E-state index contributed by atoms with van der Waals surface area (Å²) < 4.78 is 8.87. The quantitative estimate of drug-likeness (QED) is 0.172. The van der Waals surface area contributed by atoms with E-state index in [1.165, 1.54) is 49.3 Å². The number of hydrogen-bond donors (Lipinski definition) is 0. The van der Waals surface area contributed by atoms with Crippen LogP contribution in [0.3, 0.4) is 0 Å². The first-order chi connectivity index (χ1) is 27.3. The van der Waals surface area contributed by atoms with Gasteiger partial charge in [0.2, 0.25) is 0 Å². The van der Waals surface area contributed by atoms with Crippen molar-refractivity contribution in [1.29, 1.82) is 0 Å². The number of para-hydroxylation sites is 3. The lowest BCUT2D eigenvalue weighted by Crippen LogP contribution is -2.10. The molecule has 2 heterocycles. The number of nitrogens with zero attached hydrogens (tertiary/aromatic N) is 2. The van der Waals surface area contributed by atoms with Crippen LogP contribution in [-0.2, 0) is 0 Å². The Morgan fingerprint density at radius 3 is 1.71 bits per heavy atom. The maximum Gasteiger partial charge on any atom is 0.137 e. The smallest absolute Gasteiger partial charge is 0.137 e. The van der Waals surface area contributed by atoms with Crippen molar-refractivity contribution in [3.05, 3.63) is 206 Å². The molecule has 0 aliphatic rings. The van der Waals surface area contributed by atoms with E-state index in [1.807, 2.05) is 12.1 Å². The molecule has 0 atom stereocenters. The fraction of sp³-hybridized carbons (Fsp3) is 0. The van der Waals surface area contributed by atoms with E-state index in [2.05, 4.69) is 204 Å². The molecule has 0 amide bonds.